The first kappa shape index (κ1) is 16.7. The van der Waals surface area contributed by atoms with Crippen molar-refractivity contribution in [1.82, 2.24) is 4.90 Å². The van der Waals surface area contributed by atoms with Crippen molar-refractivity contribution in [3.05, 3.63) is 29.3 Å². The Morgan fingerprint density at radius 3 is 2.38 bits per heavy atom. The van der Waals surface area contributed by atoms with E-state index in [1.54, 1.807) is 0 Å². The minimum absolute atomic E-state index is 0.0794. The van der Waals surface area contributed by atoms with Crippen LogP contribution in [0.1, 0.15) is 43.2 Å². The van der Waals surface area contributed by atoms with Crippen LogP contribution in [0.15, 0.2) is 18.2 Å². The van der Waals surface area contributed by atoms with Crippen molar-refractivity contribution in [2.24, 2.45) is 11.8 Å². The molecule has 1 saturated carbocycles. The molecule has 5 heteroatoms. The third-order valence-corrected chi connectivity index (χ3v) is 5.37. The van der Waals surface area contributed by atoms with Gasteiger partial charge in [0.15, 0.2) is 0 Å². The van der Waals surface area contributed by atoms with Gasteiger partial charge in [-0.3, -0.25) is 19.3 Å². The molecule has 0 spiro atoms. The summed E-state index contributed by atoms with van der Waals surface area (Å²) in [4.78, 5) is 38.3. The second-order valence-electron chi connectivity index (χ2n) is 6.87. The number of hydrogen-bond donors (Lipinski definition) is 1. The van der Waals surface area contributed by atoms with Gasteiger partial charge in [-0.1, -0.05) is 25.0 Å². The highest BCUT2D eigenvalue weighted by molar-refractivity contribution is 6.05. The van der Waals surface area contributed by atoms with Gasteiger partial charge in [-0.15, -0.1) is 0 Å². The van der Waals surface area contributed by atoms with Gasteiger partial charge in [-0.2, -0.15) is 0 Å². The Balaban J connectivity index is 1.59. The molecule has 0 aromatic heterocycles. The zero-order valence-corrected chi connectivity index (χ0v) is 14.3. The number of hydrogen-bond acceptors (Lipinski definition) is 3. The van der Waals surface area contributed by atoms with Crippen molar-refractivity contribution in [2.75, 3.05) is 11.9 Å². The summed E-state index contributed by atoms with van der Waals surface area (Å²) in [6, 6.07) is 5.76. The van der Waals surface area contributed by atoms with Crippen LogP contribution in [0.3, 0.4) is 0 Å². The average molecular weight is 328 g/mol. The third kappa shape index (κ3) is 3.07. The summed E-state index contributed by atoms with van der Waals surface area (Å²) in [5.74, 6) is -0.616. The predicted octanol–water partition coefficient (Wildman–Crippen LogP) is 2.81. The van der Waals surface area contributed by atoms with Crippen molar-refractivity contribution >= 4 is 23.4 Å². The number of imide groups is 1. The number of rotatable bonds is 4. The molecule has 2 atom stereocenters. The van der Waals surface area contributed by atoms with Crippen LogP contribution in [-0.4, -0.2) is 29.2 Å². The summed E-state index contributed by atoms with van der Waals surface area (Å²) in [5.41, 5.74) is 2.93. The number of carbonyl (C=O) groups is 3. The number of carbonyl (C=O) groups excluding carboxylic acids is 3. The molecular weight excluding hydrogens is 304 g/mol. The van der Waals surface area contributed by atoms with Gasteiger partial charge in [0.25, 0.3) is 0 Å². The number of benzene rings is 1. The molecule has 1 heterocycles. The molecule has 1 aliphatic carbocycles. The highest BCUT2D eigenvalue weighted by Gasteiger charge is 2.47. The number of anilines is 1. The lowest BCUT2D eigenvalue weighted by Gasteiger charge is -2.19. The Labute approximate surface area is 142 Å². The first-order chi connectivity index (χ1) is 11.5. The van der Waals surface area contributed by atoms with E-state index in [2.05, 4.69) is 5.32 Å². The molecule has 2 fully saturated rings. The van der Waals surface area contributed by atoms with Crippen LogP contribution in [0, 0.1) is 25.7 Å². The summed E-state index contributed by atoms with van der Waals surface area (Å²) in [6.45, 7) is 4.14. The fourth-order valence-corrected chi connectivity index (χ4v) is 3.76. The van der Waals surface area contributed by atoms with Gasteiger partial charge < -0.3 is 5.32 Å². The molecule has 1 saturated heterocycles. The predicted molar refractivity (Wildman–Crippen MR) is 91.3 cm³/mol. The molecule has 0 radical (unpaired) electrons. The molecule has 1 aromatic rings. The molecule has 1 aromatic carbocycles. The molecule has 24 heavy (non-hydrogen) atoms. The molecular formula is C19H24N2O3. The van der Waals surface area contributed by atoms with E-state index in [0.717, 1.165) is 42.5 Å². The lowest BCUT2D eigenvalue weighted by atomic mass is 9.81. The third-order valence-electron chi connectivity index (χ3n) is 5.37. The van der Waals surface area contributed by atoms with E-state index in [9.17, 15) is 14.4 Å². The fraction of sp³-hybridized carbons (Fsp3) is 0.526. The molecule has 5 nitrogen and oxygen atoms in total. The van der Waals surface area contributed by atoms with Gasteiger partial charge in [0.1, 0.15) is 0 Å². The summed E-state index contributed by atoms with van der Waals surface area (Å²) in [6.07, 6.45) is 3.79. The summed E-state index contributed by atoms with van der Waals surface area (Å²) < 4.78 is 0. The summed E-state index contributed by atoms with van der Waals surface area (Å²) in [7, 11) is 0. The van der Waals surface area contributed by atoms with Crippen LogP contribution in [-0.2, 0) is 14.4 Å². The SMILES string of the molecule is Cc1cccc(NC(=O)CCN2C(=O)C3CCCCC3C2=O)c1C. The average Bonchev–Trinajstić information content (AvgIpc) is 2.82. The van der Waals surface area contributed by atoms with E-state index < -0.39 is 0 Å². The Bertz CT molecular complexity index is 659. The maximum absolute atomic E-state index is 12.4. The minimum atomic E-state index is -0.167. The first-order valence-electron chi connectivity index (χ1n) is 8.70. The van der Waals surface area contributed by atoms with Gasteiger partial charge in [0.2, 0.25) is 17.7 Å². The topological polar surface area (TPSA) is 66.5 Å². The van der Waals surface area contributed by atoms with Crippen LogP contribution in [0.2, 0.25) is 0 Å². The van der Waals surface area contributed by atoms with Gasteiger partial charge in [0, 0.05) is 18.7 Å². The Hall–Kier alpha value is -2.17. The molecule has 1 aliphatic heterocycles. The number of amides is 3. The fourth-order valence-electron chi connectivity index (χ4n) is 3.76. The van der Waals surface area contributed by atoms with Gasteiger partial charge in [-0.25, -0.2) is 0 Å². The van der Waals surface area contributed by atoms with Crippen molar-refractivity contribution in [1.29, 1.82) is 0 Å². The quantitative estimate of drug-likeness (QED) is 0.864. The Kier molecular flexibility index (Phi) is 4.69. The van der Waals surface area contributed by atoms with E-state index in [1.165, 1.54) is 4.90 Å². The zero-order valence-electron chi connectivity index (χ0n) is 14.3. The number of fused-ring (bicyclic) bond motifs is 1. The summed E-state index contributed by atoms with van der Waals surface area (Å²) in [5, 5.41) is 2.88. The second-order valence-corrected chi connectivity index (χ2v) is 6.87. The largest absolute Gasteiger partial charge is 0.326 e. The van der Waals surface area contributed by atoms with E-state index in [0.29, 0.717) is 0 Å². The molecule has 3 amide bonds. The standard InChI is InChI=1S/C19H24N2O3/c1-12-6-5-9-16(13(12)2)20-17(22)10-11-21-18(23)14-7-3-4-8-15(14)19(21)24/h5-6,9,14-15H,3-4,7-8,10-11H2,1-2H3,(H,20,22). The van der Waals surface area contributed by atoms with Crippen LogP contribution >= 0.6 is 0 Å². The highest BCUT2D eigenvalue weighted by atomic mass is 16.2. The van der Waals surface area contributed by atoms with Crippen molar-refractivity contribution in [2.45, 2.75) is 46.0 Å². The van der Waals surface area contributed by atoms with Crippen LogP contribution in [0.5, 0.6) is 0 Å². The van der Waals surface area contributed by atoms with E-state index in [4.69, 9.17) is 0 Å². The number of nitrogens with zero attached hydrogens (tertiary/aromatic N) is 1. The Morgan fingerprint density at radius 2 is 1.75 bits per heavy atom. The molecule has 2 unspecified atom stereocenters. The number of nitrogens with one attached hydrogen (secondary N) is 1. The van der Waals surface area contributed by atoms with Crippen LogP contribution in [0.4, 0.5) is 5.69 Å². The first-order valence-corrected chi connectivity index (χ1v) is 8.70. The number of aryl methyl sites for hydroxylation is 1. The molecule has 1 N–H and O–H groups in total. The number of likely N-dealkylation sites (tertiary alicyclic amines) is 1. The lowest BCUT2D eigenvalue weighted by Crippen LogP contribution is -2.34. The Morgan fingerprint density at radius 1 is 1.12 bits per heavy atom. The van der Waals surface area contributed by atoms with E-state index in [1.807, 2.05) is 32.0 Å². The van der Waals surface area contributed by atoms with Gasteiger partial charge in [-0.05, 0) is 43.9 Å². The lowest BCUT2D eigenvalue weighted by molar-refractivity contribution is -0.140. The maximum atomic E-state index is 12.4. The van der Waals surface area contributed by atoms with E-state index >= 15 is 0 Å². The second kappa shape index (κ2) is 6.75. The van der Waals surface area contributed by atoms with Gasteiger partial charge in [0.05, 0.1) is 11.8 Å². The zero-order chi connectivity index (χ0) is 17.3. The minimum Gasteiger partial charge on any atom is -0.326 e. The normalized spacial score (nSPS) is 23.3. The molecule has 3 rings (SSSR count). The van der Waals surface area contributed by atoms with Crippen LogP contribution in [0.25, 0.3) is 0 Å². The van der Waals surface area contributed by atoms with Crippen molar-refractivity contribution in [3.63, 3.8) is 0 Å². The van der Waals surface area contributed by atoms with E-state index in [-0.39, 0.29) is 42.5 Å². The molecule has 128 valence electrons. The summed E-state index contributed by atoms with van der Waals surface area (Å²) >= 11 is 0. The monoisotopic (exact) mass is 328 g/mol. The maximum Gasteiger partial charge on any atom is 0.233 e. The molecule has 2 aliphatic rings. The highest BCUT2D eigenvalue weighted by Crippen LogP contribution is 2.37. The van der Waals surface area contributed by atoms with Gasteiger partial charge >= 0.3 is 0 Å². The van der Waals surface area contributed by atoms with Crippen LogP contribution < -0.4 is 5.32 Å². The molecule has 0 bridgehead atoms. The van der Waals surface area contributed by atoms with Crippen molar-refractivity contribution in [3.8, 4) is 0 Å². The van der Waals surface area contributed by atoms with Crippen molar-refractivity contribution < 1.29 is 14.4 Å². The smallest absolute Gasteiger partial charge is 0.233 e.